The van der Waals surface area contributed by atoms with Gasteiger partial charge in [0.05, 0.1) is 0 Å². The molecule has 0 aromatic heterocycles. The second kappa shape index (κ2) is 8.52. The molecule has 0 bridgehead atoms. The molecule has 1 aromatic rings. The molecule has 0 fully saturated rings. The molecule has 0 spiro atoms. The minimum Gasteiger partial charge on any atom is -0.466 e. The Morgan fingerprint density at radius 1 is 1.00 bits per heavy atom. The Balaban J connectivity index is 0.00000140. The highest BCUT2D eigenvalue weighted by molar-refractivity contribution is 5.85. The first-order valence-electron chi connectivity index (χ1n) is 9.74. The standard InChI is InChI=1S/C23H30N2O.2ClH/c1-15-16(2)26-17(3)20-13-23(4,22(24)21(15)20)14-25-11-9-18-7-5-6-8-19(18)10-12-25;;/h5-8H,9-14,24H2,1-4H3;2*1H. The van der Waals surface area contributed by atoms with Crippen molar-refractivity contribution in [2.24, 2.45) is 11.1 Å². The summed E-state index contributed by atoms with van der Waals surface area (Å²) in [6, 6.07) is 8.88. The fourth-order valence-electron chi connectivity index (χ4n) is 4.82. The lowest BCUT2D eigenvalue weighted by molar-refractivity contribution is 0.198. The van der Waals surface area contributed by atoms with Crippen LogP contribution in [0.5, 0.6) is 0 Å². The molecule has 0 saturated heterocycles. The van der Waals surface area contributed by atoms with Crippen LogP contribution >= 0.6 is 24.8 Å². The number of nitrogens with two attached hydrogens (primary N) is 1. The van der Waals surface area contributed by atoms with Crippen LogP contribution in [-0.2, 0) is 17.6 Å². The zero-order chi connectivity index (χ0) is 18.5. The van der Waals surface area contributed by atoms with Crippen molar-refractivity contribution >= 4 is 24.8 Å². The van der Waals surface area contributed by atoms with Crippen LogP contribution in [-0.4, -0.2) is 24.5 Å². The number of ether oxygens (including phenoxy) is 1. The normalized spacial score (nSPS) is 24.7. The number of hydrogen-bond donors (Lipinski definition) is 1. The highest BCUT2D eigenvalue weighted by Crippen LogP contribution is 2.50. The molecule has 0 saturated carbocycles. The minimum absolute atomic E-state index is 0. The number of fused-ring (bicyclic) bond motifs is 2. The van der Waals surface area contributed by atoms with E-state index in [0.717, 1.165) is 56.1 Å². The molecule has 2 N–H and O–H groups in total. The average Bonchev–Trinajstić information content (AvgIpc) is 2.76. The van der Waals surface area contributed by atoms with Gasteiger partial charge >= 0.3 is 0 Å². The summed E-state index contributed by atoms with van der Waals surface area (Å²) in [6.07, 6.45) is 3.24. The summed E-state index contributed by atoms with van der Waals surface area (Å²) >= 11 is 0. The fourth-order valence-corrected chi connectivity index (χ4v) is 4.82. The summed E-state index contributed by atoms with van der Waals surface area (Å²) in [7, 11) is 0. The Bertz CT molecular complexity index is 829. The van der Waals surface area contributed by atoms with Gasteiger partial charge in [0.1, 0.15) is 11.5 Å². The van der Waals surface area contributed by atoms with E-state index < -0.39 is 0 Å². The summed E-state index contributed by atoms with van der Waals surface area (Å²) in [6.45, 7) is 11.8. The SMILES string of the molecule is CC1=C(C)C2=C(N)C(C)(CN3CCc4ccccc4CC3)CC2=C(C)O1.Cl.Cl. The molecular formula is C23H32Cl2N2O. The van der Waals surface area contributed by atoms with E-state index in [9.17, 15) is 0 Å². The second-order valence-electron chi connectivity index (χ2n) is 8.39. The minimum atomic E-state index is -0.0162. The molecule has 4 rings (SSSR count). The van der Waals surface area contributed by atoms with Crippen molar-refractivity contribution in [3.63, 3.8) is 0 Å². The molecule has 3 aliphatic rings. The average molecular weight is 423 g/mol. The van der Waals surface area contributed by atoms with Crippen LogP contribution in [0.15, 0.2) is 58.2 Å². The quantitative estimate of drug-likeness (QED) is 0.715. The smallest absolute Gasteiger partial charge is 0.104 e. The molecule has 3 nitrogen and oxygen atoms in total. The van der Waals surface area contributed by atoms with E-state index >= 15 is 0 Å². The highest BCUT2D eigenvalue weighted by atomic mass is 35.5. The van der Waals surface area contributed by atoms with Gasteiger partial charge in [0.15, 0.2) is 0 Å². The first-order valence-corrected chi connectivity index (χ1v) is 9.74. The van der Waals surface area contributed by atoms with Gasteiger partial charge in [0.2, 0.25) is 0 Å². The lowest BCUT2D eigenvalue weighted by Crippen LogP contribution is -2.39. The summed E-state index contributed by atoms with van der Waals surface area (Å²) in [5.74, 6) is 2.01. The molecule has 1 aliphatic carbocycles. The number of rotatable bonds is 2. The summed E-state index contributed by atoms with van der Waals surface area (Å²) in [5, 5.41) is 0. The number of halogens is 2. The second-order valence-corrected chi connectivity index (χ2v) is 8.39. The molecule has 2 aliphatic heterocycles. The predicted molar refractivity (Wildman–Crippen MR) is 121 cm³/mol. The van der Waals surface area contributed by atoms with Crippen LogP contribution in [0, 0.1) is 5.41 Å². The van der Waals surface area contributed by atoms with Crippen LogP contribution in [0.25, 0.3) is 0 Å². The van der Waals surface area contributed by atoms with Gasteiger partial charge < -0.3 is 15.4 Å². The van der Waals surface area contributed by atoms with Gasteiger partial charge in [-0.1, -0.05) is 31.2 Å². The topological polar surface area (TPSA) is 38.5 Å². The third-order valence-electron chi connectivity index (χ3n) is 6.51. The van der Waals surface area contributed by atoms with E-state index in [-0.39, 0.29) is 30.2 Å². The summed E-state index contributed by atoms with van der Waals surface area (Å²) in [4.78, 5) is 2.60. The number of allylic oxidation sites excluding steroid dienone is 5. The fraction of sp³-hybridized carbons (Fsp3) is 0.478. The number of benzene rings is 1. The highest BCUT2D eigenvalue weighted by Gasteiger charge is 2.42. The van der Waals surface area contributed by atoms with E-state index in [1.165, 1.54) is 27.8 Å². The Morgan fingerprint density at radius 2 is 1.57 bits per heavy atom. The predicted octanol–water partition coefficient (Wildman–Crippen LogP) is 5.15. The van der Waals surface area contributed by atoms with Crippen molar-refractivity contribution in [3.8, 4) is 0 Å². The van der Waals surface area contributed by atoms with E-state index in [2.05, 4.69) is 49.9 Å². The zero-order valence-electron chi connectivity index (χ0n) is 17.3. The van der Waals surface area contributed by atoms with Crippen LogP contribution in [0.1, 0.15) is 45.2 Å². The number of hydrogen-bond acceptors (Lipinski definition) is 3. The maximum Gasteiger partial charge on any atom is 0.104 e. The van der Waals surface area contributed by atoms with Gasteiger partial charge in [-0.3, -0.25) is 0 Å². The van der Waals surface area contributed by atoms with Crippen molar-refractivity contribution in [3.05, 3.63) is 69.3 Å². The first kappa shape index (κ1) is 22.9. The molecule has 5 heteroatoms. The van der Waals surface area contributed by atoms with E-state index in [1.54, 1.807) is 0 Å². The largest absolute Gasteiger partial charge is 0.466 e. The summed E-state index contributed by atoms with van der Waals surface area (Å²) < 4.78 is 5.96. The van der Waals surface area contributed by atoms with Crippen molar-refractivity contribution in [2.45, 2.75) is 47.0 Å². The monoisotopic (exact) mass is 422 g/mol. The van der Waals surface area contributed by atoms with Gasteiger partial charge in [-0.05, 0) is 56.7 Å². The van der Waals surface area contributed by atoms with Gasteiger partial charge in [-0.15, -0.1) is 24.8 Å². The van der Waals surface area contributed by atoms with Gasteiger partial charge in [0, 0.05) is 41.9 Å². The molecular weight excluding hydrogens is 391 g/mol. The third kappa shape index (κ3) is 3.85. The van der Waals surface area contributed by atoms with Crippen molar-refractivity contribution in [2.75, 3.05) is 19.6 Å². The van der Waals surface area contributed by atoms with Crippen LogP contribution < -0.4 is 5.73 Å². The molecule has 2 heterocycles. The molecule has 154 valence electrons. The van der Waals surface area contributed by atoms with Gasteiger partial charge in [0.25, 0.3) is 0 Å². The third-order valence-corrected chi connectivity index (χ3v) is 6.51. The van der Waals surface area contributed by atoms with Gasteiger partial charge in [-0.2, -0.15) is 0 Å². The molecule has 0 amide bonds. The lowest BCUT2D eigenvalue weighted by atomic mass is 9.85. The number of nitrogens with zero attached hydrogens (tertiary/aromatic N) is 1. The van der Waals surface area contributed by atoms with Crippen molar-refractivity contribution in [1.29, 1.82) is 0 Å². The maximum atomic E-state index is 6.75. The zero-order valence-corrected chi connectivity index (χ0v) is 18.9. The van der Waals surface area contributed by atoms with E-state index in [1.807, 2.05) is 6.92 Å². The molecule has 1 aromatic carbocycles. The molecule has 1 unspecified atom stereocenters. The van der Waals surface area contributed by atoms with Crippen molar-refractivity contribution < 1.29 is 4.74 Å². The van der Waals surface area contributed by atoms with Crippen LogP contribution in [0.3, 0.4) is 0 Å². The van der Waals surface area contributed by atoms with Gasteiger partial charge in [-0.25, -0.2) is 0 Å². The maximum absolute atomic E-state index is 6.75. The Hall–Kier alpha value is -1.42. The van der Waals surface area contributed by atoms with Crippen LogP contribution in [0.4, 0.5) is 0 Å². The first-order chi connectivity index (χ1) is 12.4. The molecule has 28 heavy (non-hydrogen) atoms. The Morgan fingerprint density at radius 3 is 2.14 bits per heavy atom. The Labute approximate surface area is 181 Å². The lowest BCUT2D eigenvalue weighted by Gasteiger charge is -2.32. The molecule has 1 atom stereocenters. The van der Waals surface area contributed by atoms with E-state index in [0.29, 0.717) is 0 Å². The summed E-state index contributed by atoms with van der Waals surface area (Å²) in [5.41, 5.74) is 14.6. The van der Waals surface area contributed by atoms with Crippen molar-refractivity contribution in [1.82, 2.24) is 4.90 Å². The van der Waals surface area contributed by atoms with E-state index in [4.69, 9.17) is 10.5 Å². The van der Waals surface area contributed by atoms with Crippen LogP contribution in [0.2, 0.25) is 0 Å². The Kier molecular flexibility index (Phi) is 6.96. The molecule has 0 radical (unpaired) electrons.